The molecule has 0 aliphatic heterocycles. The number of hydrogen-bond donors (Lipinski definition) is 2. The maximum atomic E-state index is 14.8. The van der Waals surface area contributed by atoms with Gasteiger partial charge in [-0.05, 0) is 50.3 Å². The topological polar surface area (TPSA) is 72.4 Å². The summed E-state index contributed by atoms with van der Waals surface area (Å²) in [4.78, 5) is 12.0. The molecular weight excluding hydrogens is 343 g/mol. The Balaban J connectivity index is 1.86. The SMILES string of the molecule is Cc1ccccc1-c1cc2c(NC3CCCC3(C)F)c(C(N)=O)cnn2c1. The number of nitrogens with one attached hydrogen (secondary N) is 1. The van der Waals surface area contributed by atoms with Crippen molar-refractivity contribution in [3.8, 4) is 11.1 Å². The molecule has 140 valence electrons. The first-order valence-electron chi connectivity index (χ1n) is 9.19. The molecule has 1 fully saturated rings. The van der Waals surface area contributed by atoms with E-state index >= 15 is 0 Å². The Morgan fingerprint density at radius 3 is 2.85 bits per heavy atom. The first-order chi connectivity index (χ1) is 12.9. The van der Waals surface area contributed by atoms with Crippen molar-refractivity contribution in [2.24, 2.45) is 5.73 Å². The summed E-state index contributed by atoms with van der Waals surface area (Å²) in [7, 11) is 0. The second-order valence-electron chi connectivity index (χ2n) is 7.54. The molecule has 0 bridgehead atoms. The van der Waals surface area contributed by atoms with Crippen LogP contribution in [0.1, 0.15) is 42.1 Å². The quantitative estimate of drug-likeness (QED) is 0.730. The zero-order chi connectivity index (χ0) is 19.2. The van der Waals surface area contributed by atoms with E-state index in [0.717, 1.165) is 23.1 Å². The van der Waals surface area contributed by atoms with Crippen LogP contribution in [0.2, 0.25) is 0 Å². The molecule has 0 saturated heterocycles. The Kier molecular flexibility index (Phi) is 4.13. The van der Waals surface area contributed by atoms with Gasteiger partial charge in [0.1, 0.15) is 5.67 Å². The smallest absolute Gasteiger partial charge is 0.252 e. The fraction of sp³-hybridized carbons (Fsp3) is 0.333. The molecule has 4 rings (SSSR count). The third-order valence-corrected chi connectivity index (χ3v) is 5.56. The van der Waals surface area contributed by atoms with Crippen molar-refractivity contribution < 1.29 is 9.18 Å². The standard InChI is InChI=1S/C21H23FN4O/c1-13-6-3-4-7-15(13)14-10-17-19(25-18-8-5-9-21(18,2)22)16(20(23)27)11-24-26(17)12-14/h3-4,6-7,10-12,18,25H,5,8-9H2,1-2H3,(H2,23,27). The number of aromatic nitrogens is 2. The summed E-state index contributed by atoms with van der Waals surface area (Å²) in [5.41, 5.74) is 9.01. The zero-order valence-corrected chi connectivity index (χ0v) is 15.5. The molecule has 3 aromatic rings. The Labute approximate surface area is 157 Å². The fourth-order valence-corrected chi connectivity index (χ4v) is 3.96. The Bertz CT molecular complexity index is 1020. The predicted octanol–water partition coefficient (Wildman–Crippen LogP) is 4.10. The largest absolute Gasteiger partial charge is 0.377 e. The summed E-state index contributed by atoms with van der Waals surface area (Å²) in [6, 6.07) is 9.67. The van der Waals surface area contributed by atoms with Gasteiger partial charge in [0.2, 0.25) is 0 Å². The molecular formula is C21H23FN4O. The Morgan fingerprint density at radius 1 is 1.41 bits per heavy atom. The van der Waals surface area contributed by atoms with E-state index in [9.17, 15) is 9.18 Å². The number of anilines is 1. The third kappa shape index (κ3) is 3.05. The van der Waals surface area contributed by atoms with E-state index in [1.807, 2.05) is 43.5 Å². The van der Waals surface area contributed by atoms with Gasteiger partial charge in [-0.3, -0.25) is 4.79 Å². The molecule has 0 radical (unpaired) electrons. The third-order valence-electron chi connectivity index (χ3n) is 5.56. The lowest BCUT2D eigenvalue weighted by atomic mass is 10.0. The van der Waals surface area contributed by atoms with Gasteiger partial charge in [-0.15, -0.1) is 0 Å². The minimum Gasteiger partial charge on any atom is -0.377 e. The highest BCUT2D eigenvalue weighted by molar-refractivity contribution is 6.02. The van der Waals surface area contributed by atoms with Gasteiger partial charge in [0.05, 0.1) is 29.0 Å². The van der Waals surface area contributed by atoms with E-state index in [0.29, 0.717) is 24.0 Å². The number of primary amides is 1. The zero-order valence-electron chi connectivity index (χ0n) is 15.5. The number of amides is 1. The number of nitrogens with two attached hydrogens (primary N) is 1. The number of hydrogen-bond acceptors (Lipinski definition) is 3. The predicted molar refractivity (Wildman–Crippen MR) is 105 cm³/mol. The number of nitrogens with zero attached hydrogens (tertiary/aromatic N) is 2. The molecule has 27 heavy (non-hydrogen) atoms. The lowest BCUT2D eigenvalue weighted by Crippen LogP contribution is -2.36. The van der Waals surface area contributed by atoms with Crippen LogP contribution in [0.5, 0.6) is 0 Å². The number of fused-ring (bicyclic) bond motifs is 1. The molecule has 1 aliphatic carbocycles. The molecule has 6 heteroatoms. The highest BCUT2D eigenvalue weighted by Gasteiger charge is 2.39. The van der Waals surface area contributed by atoms with Crippen molar-refractivity contribution in [1.82, 2.24) is 9.61 Å². The normalized spacial score (nSPS) is 22.3. The number of carbonyl (C=O) groups is 1. The number of benzene rings is 1. The van der Waals surface area contributed by atoms with Crippen LogP contribution < -0.4 is 11.1 Å². The second kappa shape index (κ2) is 6.37. The van der Waals surface area contributed by atoms with Crippen molar-refractivity contribution in [2.45, 2.75) is 44.8 Å². The molecule has 5 nitrogen and oxygen atoms in total. The van der Waals surface area contributed by atoms with Crippen LogP contribution in [0.3, 0.4) is 0 Å². The summed E-state index contributed by atoms with van der Waals surface area (Å²) in [6.45, 7) is 3.66. The van der Waals surface area contributed by atoms with Gasteiger partial charge < -0.3 is 11.1 Å². The van der Waals surface area contributed by atoms with E-state index in [4.69, 9.17) is 5.73 Å². The van der Waals surface area contributed by atoms with Crippen LogP contribution in [0.15, 0.2) is 42.7 Å². The van der Waals surface area contributed by atoms with E-state index < -0.39 is 11.6 Å². The molecule has 1 aromatic carbocycles. The van der Waals surface area contributed by atoms with Crippen LogP contribution in [0, 0.1) is 6.92 Å². The second-order valence-corrected chi connectivity index (χ2v) is 7.54. The minimum absolute atomic E-state index is 0.277. The van der Waals surface area contributed by atoms with E-state index in [2.05, 4.69) is 10.4 Å². The van der Waals surface area contributed by atoms with Crippen LogP contribution in [-0.2, 0) is 0 Å². The average molecular weight is 366 g/mol. The van der Waals surface area contributed by atoms with Crippen molar-refractivity contribution in [3.05, 3.63) is 53.9 Å². The molecule has 2 unspecified atom stereocenters. The summed E-state index contributed by atoms with van der Waals surface area (Å²) in [6.07, 6.45) is 5.40. The lowest BCUT2D eigenvalue weighted by Gasteiger charge is -2.26. The van der Waals surface area contributed by atoms with Crippen LogP contribution in [-0.4, -0.2) is 27.2 Å². The van der Waals surface area contributed by atoms with Crippen LogP contribution in [0.25, 0.3) is 16.6 Å². The highest BCUT2D eigenvalue weighted by atomic mass is 19.1. The molecule has 0 spiro atoms. The van der Waals surface area contributed by atoms with E-state index in [-0.39, 0.29) is 11.6 Å². The number of halogens is 1. The maximum Gasteiger partial charge on any atom is 0.252 e. The summed E-state index contributed by atoms with van der Waals surface area (Å²) in [5.74, 6) is -0.579. The van der Waals surface area contributed by atoms with Gasteiger partial charge in [0.15, 0.2) is 0 Å². The van der Waals surface area contributed by atoms with Gasteiger partial charge >= 0.3 is 0 Å². The monoisotopic (exact) mass is 366 g/mol. The number of rotatable bonds is 4. The van der Waals surface area contributed by atoms with Gasteiger partial charge in [-0.2, -0.15) is 5.10 Å². The average Bonchev–Trinajstić information content (AvgIpc) is 3.18. The molecule has 1 saturated carbocycles. The number of carbonyl (C=O) groups excluding carboxylic acids is 1. The Morgan fingerprint density at radius 2 is 2.19 bits per heavy atom. The van der Waals surface area contributed by atoms with Gasteiger partial charge in [-0.25, -0.2) is 8.91 Å². The van der Waals surface area contributed by atoms with E-state index in [1.165, 1.54) is 6.20 Å². The maximum absolute atomic E-state index is 14.8. The molecule has 1 aliphatic rings. The van der Waals surface area contributed by atoms with Gasteiger partial charge in [0.25, 0.3) is 5.91 Å². The number of aryl methyl sites for hydroxylation is 1. The minimum atomic E-state index is -1.32. The van der Waals surface area contributed by atoms with Gasteiger partial charge in [0, 0.05) is 11.8 Å². The van der Waals surface area contributed by atoms with Crippen molar-refractivity contribution in [1.29, 1.82) is 0 Å². The van der Waals surface area contributed by atoms with Crippen LogP contribution >= 0.6 is 0 Å². The van der Waals surface area contributed by atoms with E-state index in [1.54, 1.807) is 11.4 Å². The van der Waals surface area contributed by atoms with Crippen molar-refractivity contribution >= 4 is 17.1 Å². The summed E-state index contributed by atoms with van der Waals surface area (Å²) in [5, 5.41) is 7.60. The molecule has 3 N–H and O–H groups in total. The first-order valence-corrected chi connectivity index (χ1v) is 9.19. The van der Waals surface area contributed by atoms with Gasteiger partial charge in [-0.1, -0.05) is 24.3 Å². The first kappa shape index (κ1) is 17.5. The molecule has 1 amide bonds. The number of alkyl halides is 1. The molecule has 2 heterocycles. The van der Waals surface area contributed by atoms with Crippen molar-refractivity contribution in [2.75, 3.05) is 5.32 Å². The lowest BCUT2D eigenvalue weighted by molar-refractivity contribution is 0.1000. The highest BCUT2D eigenvalue weighted by Crippen LogP contribution is 2.37. The van der Waals surface area contributed by atoms with Crippen molar-refractivity contribution in [3.63, 3.8) is 0 Å². The van der Waals surface area contributed by atoms with Crippen LogP contribution in [0.4, 0.5) is 10.1 Å². The summed E-state index contributed by atoms with van der Waals surface area (Å²) < 4.78 is 16.5. The molecule has 2 aromatic heterocycles. The Hall–Kier alpha value is -2.89. The molecule has 2 atom stereocenters. The fourth-order valence-electron chi connectivity index (χ4n) is 3.96. The summed E-state index contributed by atoms with van der Waals surface area (Å²) >= 11 is 0.